The van der Waals surface area contributed by atoms with Crippen molar-refractivity contribution in [1.29, 1.82) is 5.41 Å². The Bertz CT molecular complexity index is 985. The maximum Gasteiger partial charge on any atom is 0.141 e. The number of nitrogen functional groups attached to an aromatic ring is 1. The summed E-state index contributed by atoms with van der Waals surface area (Å²) < 4.78 is 0. The zero-order valence-corrected chi connectivity index (χ0v) is 15.7. The number of aromatic amines is 1. The second-order valence-electron chi connectivity index (χ2n) is 7.13. The number of aromatic nitrogens is 3. The molecule has 0 saturated heterocycles. The largest absolute Gasteiger partial charge is 0.383 e. The third kappa shape index (κ3) is 3.36. The van der Waals surface area contributed by atoms with Gasteiger partial charge in [0.2, 0.25) is 0 Å². The SMILES string of the molecule is CC(C)(C)Nc1ncnc(N)c1C(=N)c1[nH]c2cc(CN)ccc2c1Cl. The lowest BCUT2D eigenvalue weighted by molar-refractivity contribution is 0.630. The van der Waals surface area contributed by atoms with Crippen molar-refractivity contribution in [2.75, 3.05) is 11.1 Å². The molecular formula is C18H22ClN7. The average Bonchev–Trinajstić information content (AvgIpc) is 2.89. The molecular weight excluding hydrogens is 350 g/mol. The van der Waals surface area contributed by atoms with Gasteiger partial charge < -0.3 is 21.8 Å². The van der Waals surface area contributed by atoms with E-state index < -0.39 is 0 Å². The molecule has 0 amide bonds. The Morgan fingerprint density at radius 3 is 2.69 bits per heavy atom. The van der Waals surface area contributed by atoms with Crippen LogP contribution < -0.4 is 16.8 Å². The molecule has 8 heteroatoms. The first-order valence-electron chi connectivity index (χ1n) is 8.19. The van der Waals surface area contributed by atoms with Crippen LogP contribution in [0.4, 0.5) is 11.6 Å². The lowest BCUT2D eigenvalue weighted by atomic mass is 10.1. The summed E-state index contributed by atoms with van der Waals surface area (Å²) in [6.07, 6.45) is 1.38. The monoisotopic (exact) mass is 371 g/mol. The molecule has 1 aromatic carbocycles. The van der Waals surface area contributed by atoms with Gasteiger partial charge in [-0.1, -0.05) is 23.7 Å². The Hall–Kier alpha value is -2.64. The normalized spacial score (nSPS) is 11.7. The maximum atomic E-state index is 8.69. The Labute approximate surface area is 156 Å². The molecule has 0 aliphatic rings. The topological polar surface area (TPSA) is 129 Å². The van der Waals surface area contributed by atoms with Crippen molar-refractivity contribution in [3.63, 3.8) is 0 Å². The Balaban J connectivity index is 2.13. The van der Waals surface area contributed by atoms with Gasteiger partial charge in [-0.2, -0.15) is 0 Å². The van der Waals surface area contributed by atoms with E-state index in [1.165, 1.54) is 6.33 Å². The van der Waals surface area contributed by atoms with E-state index in [1.54, 1.807) is 0 Å². The van der Waals surface area contributed by atoms with Crippen LogP contribution in [0.25, 0.3) is 10.9 Å². The number of fused-ring (bicyclic) bond motifs is 1. The summed E-state index contributed by atoms with van der Waals surface area (Å²) in [4.78, 5) is 11.5. The molecule has 0 bridgehead atoms. The molecule has 7 N–H and O–H groups in total. The zero-order valence-electron chi connectivity index (χ0n) is 14.9. The van der Waals surface area contributed by atoms with E-state index in [-0.39, 0.29) is 17.1 Å². The standard InChI is InChI=1S/C18H22ClN7/c1-18(2,3)26-17-12(16(22)23-8-24-17)14(21)15-13(19)10-5-4-9(7-20)6-11(10)25-15/h4-6,8,21,25H,7,20H2,1-3H3,(H3,22,23,24,26). The van der Waals surface area contributed by atoms with Crippen molar-refractivity contribution in [2.24, 2.45) is 5.73 Å². The van der Waals surface area contributed by atoms with Gasteiger partial charge in [0.1, 0.15) is 18.0 Å². The van der Waals surface area contributed by atoms with Gasteiger partial charge in [0, 0.05) is 23.0 Å². The molecule has 3 rings (SSSR count). The van der Waals surface area contributed by atoms with Crippen molar-refractivity contribution >= 4 is 39.9 Å². The molecule has 26 heavy (non-hydrogen) atoms. The van der Waals surface area contributed by atoms with Gasteiger partial charge in [0.25, 0.3) is 0 Å². The van der Waals surface area contributed by atoms with Crippen LogP contribution in [0.2, 0.25) is 5.02 Å². The van der Waals surface area contributed by atoms with Crippen molar-refractivity contribution < 1.29 is 0 Å². The molecule has 136 valence electrons. The van der Waals surface area contributed by atoms with Gasteiger partial charge in [-0.05, 0) is 32.4 Å². The average molecular weight is 372 g/mol. The number of hydrogen-bond donors (Lipinski definition) is 5. The number of H-pyrrole nitrogens is 1. The number of rotatable bonds is 4. The van der Waals surface area contributed by atoms with Crippen molar-refractivity contribution in [1.82, 2.24) is 15.0 Å². The van der Waals surface area contributed by atoms with E-state index in [0.717, 1.165) is 16.5 Å². The van der Waals surface area contributed by atoms with Crippen LogP contribution in [-0.2, 0) is 6.54 Å². The highest BCUT2D eigenvalue weighted by Gasteiger charge is 2.23. The van der Waals surface area contributed by atoms with E-state index in [2.05, 4.69) is 20.3 Å². The first-order valence-corrected chi connectivity index (χ1v) is 8.57. The van der Waals surface area contributed by atoms with Gasteiger partial charge >= 0.3 is 0 Å². The van der Waals surface area contributed by atoms with Crippen LogP contribution in [0.5, 0.6) is 0 Å². The highest BCUT2D eigenvalue weighted by Crippen LogP contribution is 2.32. The summed E-state index contributed by atoms with van der Waals surface area (Å²) in [5, 5.41) is 13.2. The first-order chi connectivity index (χ1) is 12.2. The van der Waals surface area contributed by atoms with E-state index in [9.17, 15) is 0 Å². The number of benzene rings is 1. The van der Waals surface area contributed by atoms with Crippen LogP contribution >= 0.6 is 11.6 Å². The van der Waals surface area contributed by atoms with Gasteiger partial charge in [-0.25, -0.2) is 9.97 Å². The number of nitrogens with two attached hydrogens (primary N) is 2. The van der Waals surface area contributed by atoms with E-state index in [4.69, 9.17) is 28.5 Å². The predicted octanol–water partition coefficient (Wildman–Crippen LogP) is 3.28. The summed E-state index contributed by atoms with van der Waals surface area (Å²) in [5.41, 5.74) is 14.3. The molecule has 0 fully saturated rings. The summed E-state index contributed by atoms with van der Waals surface area (Å²) in [5.74, 6) is 0.710. The van der Waals surface area contributed by atoms with Gasteiger partial charge in [-0.15, -0.1) is 0 Å². The molecule has 0 saturated carbocycles. The molecule has 0 aliphatic carbocycles. The molecule has 0 aliphatic heterocycles. The minimum atomic E-state index is -0.254. The van der Waals surface area contributed by atoms with Gasteiger partial charge in [0.05, 0.1) is 22.0 Å². The Kier molecular flexibility index (Phi) is 4.60. The summed E-state index contributed by atoms with van der Waals surface area (Å²) >= 11 is 6.53. The third-order valence-electron chi connectivity index (χ3n) is 3.91. The highest BCUT2D eigenvalue weighted by atomic mass is 35.5. The van der Waals surface area contributed by atoms with Crippen LogP contribution in [0.1, 0.15) is 37.6 Å². The second kappa shape index (κ2) is 6.59. The fourth-order valence-corrected chi connectivity index (χ4v) is 3.04. The number of hydrogen-bond acceptors (Lipinski definition) is 6. The third-order valence-corrected chi connectivity index (χ3v) is 4.30. The fourth-order valence-electron chi connectivity index (χ4n) is 2.73. The minimum Gasteiger partial charge on any atom is -0.383 e. The first kappa shape index (κ1) is 18.2. The molecule has 0 spiro atoms. The molecule has 0 unspecified atom stereocenters. The number of halogens is 1. The number of anilines is 2. The highest BCUT2D eigenvalue weighted by molar-refractivity contribution is 6.40. The summed E-state index contributed by atoms with van der Waals surface area (Å²) in [6, 6.07) is 5.74. The van der Waals surface area contributed by atoms with E-state index >= 15 is 0 Å². The van der Waals surface area contributed by atoms with E-state index in [0.29, 0.717) is 28.6 Å². The Morgan fingerprint density at radius 1 is 1.31 bits per heavy atom. The maximum absolute atomic E-state index is 8.69. The lowest BCUT2D eigenvalue weighted by Crippen LogP contribution is -2.28. The van der Waals surface area contributed by atoms with Crippen molar-refractivity contribution in [3.05, 3.63) is 46.4 Å². The van der Waals surface area contributed by atoms with Crippen LogP contribution in [-0.4, -0.2) is 26.2 Å². The predicted molar refractivity (Wildman–Crippen MR) is 107 cm³/mol. The van der Waals surface area contributed by atoms with E-state index in [1.807, 2.05) is 39.0 Å². The van der Waals surface area contributed by atoms with Crippen LogP contribution in [0.15, 0.2) is 24.5 Å². The molecule has 3 aromatic rings. The van der Waals surface area contributed by atoms with Crippen molar-refractivity contribution in [2.45, 2.75) is 32.9 Å². The van der Waals surface area contributed by atoms with Gasteiger partial charge in [-0.3, -0.25) is 5.41 Å². The Morgan fingerprint density at radius 2 is 2.04 bits per heavy atom. The smallest absolute Gasteiger partial charge is 0.141 e. The molecule has 2 aromatic heterocycles. The summed E-state index contributed by atoms with van der Waals surface area (Å²) in [6.45, 7) is 6.44. The van der Waals surface area contributed by atoms with Gasteiger partial charge in [0.15, 0.2) is 0 Å². The van der Waals surface area contributed by atoms with Crippen LogP contribution in [0, 0.1) is 5.41 Å². The summed E-state index contributed by atoms with van der Waals surface area (Å²) in [7, 11) is 0. The quantitative estimate of drug-likeness (QED) is 0.449. The number of nitrogens with one attached hydrogen (secondary N) is 3. The molecule has 7 nitrogen and oxygen atoms in total. The minimum absolute atomic E-state index is 0.130. The zero-order chi connectivity index (χ0) is 19.1. The second-order valence-corrected chi connectivity index (χ2v) is 7.51. The van der Waals surface area contributed by atoms with Crippen LogP contribution in [0.3, 0.4) is 0 Å². The molecule has 0 radical (unpaired) electrons. The molecule has 2 heterocycles. The fraction of sp³-hybridized carbons (Fsp3) is 0.278. The lowest BCUT2D eigenvalue weighted by Gasteiger charge is -2.23. The molecule has 0 atom stereocenters. The van der Waals surface area contributed by atoms with Crippen molar-refractivity contribution in [3.8, 4) is 0 Å². The number of nitrogens with zero attached hydrogens (tertiary/aromatic N) is 2.